The molecule has 0 saturated heterocycles. The lowest BCUT2D eigenvalue weighted by Gasteiger charge is -1.96. The second kappa shape index (κ2) is 2.80. The van der Waals surface area contributed by atoms with Crippen molar-refractivity contribution in [2.24, 2.45) is 0 Å². The molecule has 0 aliphatic heterocycles. The second-order valence-corrected chi connectivity index (χ2v) is 2.78. The van der Waals surface area contributed by atoms with Crippen LogP contribution >= 0.6 is 27.5 Å². The molecule has 1 heterocycles. The lowest BCUT2D eigenvalue weighted by Crippen LogP contribution is -1.93. The van der Waals surface area contributed by atoms with Crippen LogP contribution in [0.5, 0.6) is 0 Å². The van der Waals surface area contributed by atoms with Crippen molar-refractivity contribution < 1.29 is 4.39 Å². The number of rotatable bonds is 0. The molecular formula is C5H3BrClFN2. The fourth-order valence-corrected chi connectivity index (χ4v) is 1.26. The second-order valence-electron chi connectivity index (χ2n) is 1.67. The van der Waals surface area contributed by atoms with Crippen LogP contribution in [-0.2, 0) is 0 Å². The van der Waals surface area contributed by atoms with E-state index in [-0.39, 0.29) is 9.76 Å². The van der Waals surface area contributed by atoms with Gasteiger partial charge in [-0.15, -0.1) is 0 Å². The molecule has 0 saturated carbocycles. The highest BCUT2D eigenvalue weighted by Crippen LogP contribution is 2.18. The van der Waals surface area contributed by atoms with E-state index in [4.69, 9.17) is 11.6 Å². The van der Waals surface area contributed by atoms with Gasteiger partial charge < -0.3 is 0 Å². The summed E-state index contributed by atoms with van der Waals surface area (Å²) in [7, 11) is 0. The van der Waals surface area contributed by atoms with Crippen LogP contribution in [0, 0.1) is 12.7 Å². The summed E-state index contributed by atoms with van der Waals surface area (Å²) in [6.45, 7) is 1.64. The maximum Gasteiger partial charge on any atom is 0.193 e. The van der Waals surface area contributed by atoms with Crippen molar-refractivity contribution in [3.63, 3.8) is 0 Å². The van der Waals surface area contributed by atoms with Crippen molar-refractivity contribution in [1.82, 2.24) is 9.97 Å². The molecule has 54 valence electrons. The van der Waals surface area contributed by atoms with Crippen molar-refractivity contribution in [2.75, 3.05) is 0 Å². The molecule has 0 amide bonds. The van der Waals surface area contributed by atoms with E-state index in [0.29, 0.717) is 5.82 Å². The van der Waals surface area contributed by atoms with Gasteiger partial charge in [0.05, 0.1) is 0 Å². The van der Waals surface area contributed by atoms with Gasteiger partial charge in [0, 0.05) is 0 Å². The topological polar surface area (TPSA) is 25.8 Å². The van der Waals surface area contributed by atoms with Crippen LogP contribution in [0.4, 0.5) is 4.39 Å². The van der Waals surface area contributed by atoms with Crippen LogP contribution in [0.25, 0.3) is 0 Å². The highest BCUT2D eigenvalue weighted by molar-refractivity contribution is 9.10. The molecule has 0 aliphatic carbocycles. The Morgan fingerprint density at radius 3 is 2.60 bits per heavy atom. The zero-order chi connectivity index (χ0) is 7.72. The number of halogens is 3. The van der Waals surface area contributed by atoms with Gasteiger partial charge in [-0.2, -0.15) is 0 Å². The Morgan fingerprint density at radius 2 is 2.10 bits per heavy atom. The first kappa shape index (κ1) is 7.88. The lowest BCUT2D eigenvalue weighted by atomic mass is 10.6. The van der Waals surface area contributed by atoms with Gasteiger partial charge in [0.15, 0.2) is 11.0 Å². The van der Waals surface area contributed by atoms with E-state index in [0.717, 1.165) is 0 Å². The van der Waals surface area contributed by atoms with Gasteiger partial charge in [0.25, 0.3) is 0 Å². The highest BCUT2D eigenvalue weighted by atomic mass is 79.9. The van der Waals surface area contributed by atoms with Crippen LogP contribution in [0.15, 0.2) is 4.60 Å². The molecule has 1 aromatic heterocycles. The summed E-state index contributed by atoms with van der Waals surface area (Å²) in [4.78, 5) is 7.26. The van der Waals surface area contributed by atoms with Crippen LogP contribution in [0.1, 0.15) is 5.82 Å². The monoisotopic (exact) mass is 224 g/mol. The van der Waals surface area contributed by atoms with Crippen molar-refractivity contribution in [3.8, 4) is 0 Å². The molecule has 0 aliphatic rings. The highest BCUT2D eigenvalue weighted by Gasteiger charge is 2.07. The van der Waals surface area contributed by atoms with E-state index >= 15 is 0 Å². The Kier molecular flexibility index (Phi) is 2.21. The van der Waals surface area contributed by atoms with Gasteiger partial charge in [-0.05, 0) is 22.9 Å². The van der Waals surface area contributed by atoms with Crippen LogP contribution in [0.3, 0.4) is 0 Å². The normalized spacial score (nSPS) is 10.0. The maximum absolute atomic E-state index is 12.6. The predicted molar refractivity (Wildman–Crippen MR) is 39.4 cm³/mol. The molecule has 5 heteroatoms. The molecule has 0 N–H and O–H groups in total. The third kappa shape index (κ3) is 1.44. The maximum atomic E-state index is 12.6. The standard InChI is InChI=1S/C5H3BrClFN2/c1-2-9-4(6)3(8)5(7)10-2/h1H3. The zero-order valence-electron chi connectivity index (χ0n) is 5.03. The number of hydrogen-bond donors (Lipinski definition) is 0. The molecule has 1 aromatic rings. The van der Waals surface area contributed by atoms with Crippen molar-refractivity contribution in [1.29, 1.82) is 0 Å². The molecule has 0 fully saturated rings. The molecule has 0 aromatic carbocycles. The molecule has 0 unspecified atom stereocenters. The first-order valence-electron chi connectivity index (χ1n) is 2.46. The minimum Gasteiger partial charge on any atom is -0.223 e. The summed E-state index contributed by atoms with van der Waals surface area (Å²) in [6.07, 6.45) is 0. The van der Waals surface area contributed by atoms with Gasteiger partial charge in [-0.3, -0.25) is 0 Å². The van der Waals surface area contributed by atoms with Crippen LogP contribution in [0.2, 0.25) is 5.15 Å². The number of nitrogens with zero attached hydrogens (tertiary/aromatic N) is 2. The minimum absolute atomic E-state index is 0.102. The summed E-state index contributed by atoms with van der Waals surface area (Å²) in [5, 5.41) is -0.153. The Morgan fingerprint density at radius 1 is 1.50 bits per heavy atom. The van der Waals surface area contributed by atoms with Gasteiger partial charge in [0.2, 0.25) is 0 Å². The quantitative estimate of drug-likeness (QED) is 0.633. The predicted octanol–water partition coefficient (Wildman–Crippen LogP) is 2.34. The average molecular weight is 225 g/mol. The van der Waals surface area contributed by atoms with Gasteiger partial charge >= 0.3 is 0 Å². The fraction of sp³-hybridized carbons (Fsp3) is 0.200. The first-order chi connectivity index (χ1) is 4.61. The molecule has 1 rings (SSSR count). The average Bonchev–Trinajstić information content (AvgIpc) is 1.82. The largest absolute Gasteiger partial charge is 0.223 e. The van der Waals surface area contributed by atoms with E-state index < -0.39 is 5.82 Å². The van der Waals surface area contributed by atoms with Crippen molar-refractivity contribution >= 4 is 27.5 Å². The fourth-order valence-electron chi connectivity index (χ4n) is 0.492. The molecular weight excluding hydrogens is 222 g/mol. The van der Waals surface area contributed by atoms with E-state index in [1.165, 1.54) is 0 Å². The van der Waals surface area contributed by atoms with Crippen molar-refractivity contribution in [3.05, 3.63) is 21.4 Å². The molecule has 10 heavy (non-hydrogen) atoms. The van der Waals surface area contributed by atoms with E-state index in [1.54, 1.807) is 6.92 Å². The van der Waals surface area contributed by atoms with E-state index in [9.17, 15) is 4.39 Å². The van der Waals surface area contributed by atoms with Gasteiger partial charge in [-0.1, -0.05) is 11.6 Å². The third-order valence-corrected chi connectivity index (χ3v) is 1.66. The Balaban J connectivity index is 3.31. The molecule has 2 nitrogen and oxygen atoms in total. The third-order valence-electron chi connectivity index (χ3n) is 0.882. The van der Waals surface area contributed by atoms with Crippen molar-refractivity contribution in [2.45, 2.75) is 6.92 Å². The van der Waals surface area contributed by atoms with E-state index in [2.05, 4.69) is 25.9 Å². The summed E-state index contributed by atoms with van der Waals surface area (Å²) in [5.74, 6) is -0.175. The molecule has 0 bridgehead atoms. The van der Waals surface area contributed by atoms with Crippen LogP contribution in [-0.4, -0.2) is 9.97 Å². The van der Waals surface area contributed by atoms with Gasteiger partial charge in [-0.25, -0.2) is 14.4 Å². The van der Waals surface area contributed by atoms with E-state index in [1.807, 2.05) is 0 Å². The lowest BCUT2D eigenvalue weighted by molar-refractivity contribution is 0.602. The molecule has 0 radical (unpaired) electrons. The summed E-state index contributed by atoms with van der Waals surface area (Å²) >= 11 is 8.25. The number of aryl methyl sites for hydroxylation is 1. The summed E-state index contributed by atoms with van der Waals surface area (Å²) < 4.78 is 12.7. The SMILES string of the molecule is Cc1nc(Cl)c(F)c(Br)n1. The Hall–Kier alpha value is -0.220. The number of hydrogen-bond acceptors (Lipinski definition) is 2. The molecule has 0 atom stereocenters. The summed E-state index contributed by atoms with van der Waals surface area (Å²) in [6, 6.07) is 0. The first-order valence-corrected chi connectivity index (χ1v) is 3.63. The van der Waals surface area contributed by atoms with Crippen LogP contribution < -0.4 is 0 Å². The summed E-state index contributed by atoms with van der Waals surface area (Å²) in [5.41, 5.74) is 0. The smallest absolute Gasteiger partial charge is 0.193 e. The zero-order valence-corrected chi connectivity index (χ0v) is 7.37. The Bertz CT molecular complexity index is 243. The molecule has 0 spiro atoms. The Labute approximate surface area is 70.6 Å². The van der Waals surface area contributed by atoms with Gasteiger partial charge in [0.1, 0.15) is 10.4 Å². The minimum atomic E-state index is -0.618. The number of aromatic nitrogens is 2.